The van der Waals surface area contributed by atoms with Gasteiger partial charge in [-0.15, -0.1) is 0 Å². The van der Waals surface area contributed by atoms with Crippen molar-refractivity contribution in [2.24, 2.45) is 5.73 Å². The van der Waals surface area contributed by atoms with E-state index in [9.17, 15) is 19.8 Å². The quantitative estimate of drug-likeness (QED) is 0.124. The number of carbonyl (C=O) groups is 2. The smallest absolute Gasteiger partial charge is 0.320 e. The topological polar surface area (TPSA) is 222 Å². The zero-order valence-electron chi connectivity index (χ0n) is 21.0. The van der Waals surface area contributed by atoms with Crippen molar-refractivity contribution in [2.75, 3.05) is 29.9 Å². The lowest BCUT2D eigenvalue weighted by Crippen LogP contribution is -2.33. The van der Waals surface area contributed by atoms with Crippen LogP contribution in [0.5, 0.6) is 0 Å². The highest BCUT2D eigenvalue weighted by molar-refractivity contribution is 7.99. The number of aliphatic hydroxyl groups is 2. The number of benzene rings is 1. The minimum atomic E-state index is -1.29. The molecule has 7 N–H and O–H groups in total. The van der Waals surface area contributed by atoms with E-state index in [-0.39, 0.29) is 36.3 Å². The maximum atomic E-state index is 12.3. The third kappa shape index (κ3) is 6.78. The van der Waals surface area contributed by atoms with E-state index < -0.39 is 36.6 Å². The molecule has 5 atom stereocenters. The van der Waals surface area contributed by atoms with Crippen molar-refractivity contribution in [2.45, 2.75) is 37.0 Å². The summed E-state index contributed by atoms with van der Waals surface area (Å²) in [5.41, 5.74) is 6.99. The molecule has 212 valence electrons. The first-order valence-electron chi connectivity index (χ1n) is 12.2. The lowest BCUT2D eigenvalue weighted by atomic mass is 10.1. The van der Waals surface area contributed by atoms with Gasteiger partial charge in [0.05, 0.1) is 24.1 Å². The number of aliphatic carboxylic acids is 1. The van der Waals surface area contributed by atoms with Crippen molar-refractivity contribution in [1.29, 1.82) is 5.26 Å². The molecule has 1 aliphatic heterocycles. The number of carbonyl (C=O) groups excluding carboxylic acids is 1. The largest absolute Gasteiger partial charge is 0.480 e. The number of imidazole rings is 1. The molecule has 0 aliphatic carbocycles. The molecule has 1 saturated heterocycles. The number of rotatable bonds is 12. The molecule has 1 aromatic carbocycles. The Balaban J connectivity index is 1.36. The Bertz CT molecular complexity index is 1400. The molecule has 0 spiro atoms. The molecular weight excluding hydrogens is 564 g/mol. The van der Waals surface area contributed by atoms with Crippen LogP contribution in [0.1, 0.15) is 28.6 Å². The van der Waals surface area contributed by atoms with Gasteiger partial charge in [0.15, 0.2) is 23.2 Å². The first-order valence-corrected chi connectivity index (χ1v) is 13.7. The van der Waals surface area contributed by atoms with Gasteiger partial charge in [0.1, 0.15) is 18.2 Å². The Morgan fingerprint density at radius 2 is 1.98 bits per heavy atom. The number of carboxylic acids is 1. The molecule has 0 radical (unpaired) electrons. The fraction of sp³-hybridized carbons (Fsp3) is 0.417. The highest BCUT2D eigenvalue weighted by atomic mass is 35.5. The van der Waals surface area contributed by atoms with E-state index >= 15 is 0 Å². The average molecular weight is 591 g/mol. The third-order valence-electron chi connectivity index (χ3n) is 6.16. The number of aliphatic hydroxyl groups excluding tert-OH is 2. The second kappa shape index (κ2) is 13.2. The molecule has 0 bridgehead atoms. The summed E-state index contributed by atoms with van der Waals surface area (Å²) in [5, 5.41) is 44.7. The Kier molecular flexibility index (Phi) is 9.74. The lowest BCUT2D eigenvalue weighted by Gasteiger charge is -2.17. The number of hydrogen-bond acceptors (Lipinski definition) is 12. The maximum absolute atomic E-state index is 12.3. The van der Waals surface area contributed by atoms with Crippen LogP contribution in [0.2, 0.25) is 5.28 Å². The van der Waals surface area contributed by atoms with E-state index in [4.69, 9.17) is 32.4 Å². The average Bonchev–Trinajstić information content (AvgIpc) is 3.48. The minimum Gasteiger partial charge on any atom is -0.480 e. The van der Waals surface area contributed by atoms with Gasteiger partial charge in [0.2, 0.25) is 5.28 Å². The van der Waals surface area contributed by atoms with Crippen molar-refractivity contribution in [3.05, 3.63) is 47.0 Å². The molecule has 2 aromatic heterocycles. The number of fused-ring (bicyclic) bond motifs is 1. The fourth-order valence-electron chi connectivity index (χ4n) is 3.98. The molecule has 14 nitrogen and oxygen atoms in total. The van der Waals surface area contributed by atoms with Crippen LogP contribution in [0.3, 0.4) is 0 Å². The van der Waals surface area contributed by atoms with Crippen LogP contribution in [-0.2, 0) is 9.53 Å². The number of anilines is 1. The first-order chi connectivity index (χ1) is 19.2. The Morgan fingerprint density at radius 3 is 2.67 bits per heavy atom. The Morgan fingerprint density at radius 1 is 1.23 bits per heavy atom. The molecule has 3 heterocycles. The zero-order chi connectivity index (χ0) is 28.8. The summed E-state index contributed by atoms with van der Waals surface area (Å²) in [6.45, 7) is 0.527. The standard InChI is InChI=1S/C24H27ClN8O6S/c25-24-31-19(28-6-7-29-21(36)13-3-1-12(9-26)2-4-13)16-20(32-24)33(11-30-16)22-18(35)17(34)15(39-22)10-40-8-5-14(27)23(37)38/h1-4,11,14-15,17-18,22,34-35H,5-8,10,27H2,(H,29,36)(H,37,38)(H,28,31,32)/t14?,15-,17-,18-,22-/m1/s1. The highest BCUT2D eigenvalue weighted by Gasteiger charge is 2.44. The molecule has 1 fully saturated rings. The SMILES string of the molecule is N#Cc1ccc(C(=O)NCCNc2nc(Cl)nc3c2ncn3[C@@H]2O[C@H](CSCCC(N)C(=O)O)[C@@H](O)[C@H]2O)cc1. The number of carboxylic acid groups (broad SMARTS) is 1. The number of amides is 1. The van der Waals surface area contributed by atoms with E-state index in [1.807, 2.05) is 6.07 Å². The summed E-state index contributed by atoms with van der Waals surface area (Å²) >= 11 is 7.51. The summed E-state index contributed by atoms with van der Waals surface area (Å²) in [6, 6.07) is 7.28. The summed E-state index contributed by atoms with van der Waals surface area (Å²) in [5.74, 6) is -0.325. The predicted octanol–water partition coefficient (Wildman–Crippen LogP) is 0.348. The van der Waals surface area contributed by atoms with Crippen LogP contribution in [0, 0.1) is 11.3 Å². The number of hydrogen-bond donors (Lipinski definition) is 6. The highest BCUT2D eigenvalue weighted by Crippen LogP contribution is 2.34. The van der Waals surface area contributed by atoms with Crippen molar-refractivity contribution in [3.63, 3.8) is 0 Å². The second-order valence-electron chi connectivity index (χ2n) is 8.89. The van der Waals surface area contributed by atoms with Crippen LogP contribution >= 0.6 is 23.4 Å². The maximum Gasteiger partial charge on any atom is 0.320 e. The number of thioether (sulfide) groups is 1. The molecule has 3 aromatic rings. The van der Waals surface area contributed by atoms with Gasteiger partial charge in [0.25, 0.3) is 5.91 Å². The van der Waals surface area contributed by atoms with E-state index in [1.54, 1.807) is 24.3 Å². The number of nitrogens with one attached hydrogen (secondary N) is 2. The predicted molar refractivity (Wildman–Crippen MR) is 146 cm³/mol. The normalized spacial score (nSPS) is 21.2. The molecule has 40 heavy (non-hydrogen) atoms. The van der Waals surface area contributed by atoms with Crippen molar-refractivity contribution in [3.8, 4) is 6.07 Å². The van der Waals surface area contributed by atoms with Crippen LogP contribution in [0.15, 0.2) is 30.6 Å². The molecule has 1 amide bonds. The summed E-state index contributed by atoms with van der Waals surface area (Å²) < 4.78 is 7.38. The van der Waals surface area contributed by atoms with Crippen LogP contribution in [0.4, 0.5) is 5.82 Å². The Hall–Kier alpha value is -3.52. The third-order valence-corrected chi connectivity index (χ3v) is 7.41. The summed E-state index contributed by atoms with van der Waals surface area (Å²) in [6.07, 6.45) is -2.55. The Labute approximate surface area is 237 Å². The minimum absolute atomic E-state index is 0.0896. The molecule has 1 aliphatic rings. The van der Waals surface area contributed by atoms with E-state index in [2.05, 4.69) is 25.6 Å². The molecule has 1 unspecified atom stereocenters. The van der Waals surface area contributed by atoms with Gasteiger partial charge in [-0.3, -0.25) is 14.2 Å². The second-order valence-corrected chi connectivity index (χ2v) is 10.4. The molecule has 4 rings (SSSR count). The zero-order valence-corrected chi connectivity index (χ0v) is 22.5. The van der Waals surface area contributed by atoms with Gasteiger partial charge in [-0.1, -0.05) is 0 Å². The van der Waals surface area contributed by atoms with E-state index in [1.165, 1.54) is 22.7 Å². The molecule has 0 saturated carbocycles. The number of ether oxygens (including phenoxy) is 1. The fourth-order valence-corrected chi connectivity index (χ4v) is 5.24. The van der Waals surface area contributed by atoms with Crippen LogP contribution < -0.4 is 16.4 Å². The number of nitrogens with zero attached hydrogens (tertiary/aromatic N) is 5. The van der Waals surface area contributed by atoms with Crippen molar-refractivity contribution in [1.82, 2.24) is 24.8 Å². The summed E-state index contributed by atoms with van der Waals surface area (Å²) in [4.78, 5) is 35.9. The summed E-state index contributed by atoms with van der Waals surface area (Å²) in [7, 11) is 0. The monoisotopic (exact) mass is 590 g/mol. The van der Waals surface area contributed by atoms with Gasteiger partial charge in [-0.05, 0) is 48.0 Å². The van der Waals surface area contributed by atoms with Gasteiger partial charge < -0.3 is 36.4 Å². The van der Waals surface area contributed by atoms with Crippen molar-refractivity contribution >= 4 is 52.2 Å². The number of nitrogens with two attached hydrogens (primary N) is 1. The van der Waals surface area contributed by atoms with Crippen LogP contribution in [0.25, 0.3) is 11.2 Å². The molecular formula is C24H27ClN8O6S. The lowest BCUT2D eigenvalue weighted by molar-refractivity contribution is -0.138. The van der Waals surface area contributed by atoms with Gasteiger partial charge in [-0.2, -0.15) is 27.0 Å². The van der Waals surface area contributed by atoms with E-state index in [0.29, 0.717) is 34.0 Å². The van der Waals surface area contributed by atoms with Crippen LogP contribution in [-0.4, -0.2) is 95.7 Å². The molecule has 16 heteroatoms. The van der Waals surface area contributed by atoms with Gasteiger partial charge in [-0.25, -0.2) is 4.98 Å². The van der Waals surface area contributed by atoms with Gasteiger partial charge >= 0.3 is 5.97 Å². The van der Waals surface area contributed by atoms with Crippen molar-refractivity contribution < 1.29 is 29.6 Å². The number of aromatic nitrogens is 4. The number of halogens is 1. The first kappa shape index (κ1) is 29.5. The number of nitriles is 1. The van der Waals surface area contributed by atoms with Gasteiger partial charge in [0, 0.05) is 24.4 Å². The van der Waals surface area contributed by atoms with E-state index in [0.717, 1.165) is 0 Å².